The second-order valence-corrected chi connectivity index (χ2v) is 2.73. The largest absolute Gasteiger partial charge is 0.465 e. The number of pyridine rings is 1. The van der Waals surface area contributed by atoms with Gasteiger partial charge in [0.2, 0.25) is 0 Å². The molecule has 1 heterocycles. The van der Waals surface area contributed by atoms with Crippen molar-refractivity contribution in [1.82, 2.24) is 4.98 Å². The molecule has 4 nitrogen and oxygen atoms in total. The highest BCUT2D eigenvalue weighted by Crippen LogP contribution is 2.09. The van der Waals surface area contributed by atoms with Crippen LogP contribution >= 0.6 is 0 Å². The number of hydrogen-bond acceptors (Lipinski definition) is 4. The molecule has 0 fully saturated rings. The molecule has 0 amide bonds. The average Bonchev–Trinajstić information content (AvgIpc) is 2.25. The summed E-state index contributed by atoms with van der Waals surface area (Å²) in [6, 6.07) is 1.59. The van der Waals surface area contributed by atoms with Crippen molar-refractivity contribution in [3.05, 3.63) is 29.6 Å². The summed E-state index contributed by atoms with van der Waals surface area (Å²) in [4.78, 5) is 25.3. The molecule has 0 atom stereocenters. The van der Waals surface area contributed by atoms with Gasteiger partial charge >= 0.3 is 5.97 Å². The molecule has 74 valence electrons. The molecule has 0 N–H and O–H groups in total. The lowest BCUT2D eigenvalue weighted by Crippen LogP contribution is -2.06. The van der Waals surface area contributed by atoms with Crippen molar-refractivity contribution in [3.8, 4) is 0 Å². The molecule has 0 saturated heterocycles. The zero-order valence-electron chi connectivity index (χ0n) is 7.90. The van der Waals surface area contributed by atoms with E-state index in [0.29, 0.717) is 18.4 Å². The van der Waals surface area contributed by atoms with Crippen molar-refractivity contribution in [1.29, 1.82) is 0 Å². The topological polar surface area (TPSA) is 56.3 Å². The number of carbonyl (C=O) groups excluding carboxylic acids is 2. The lowest BCUT2D eigenvalue weighted by atomic mass is 10.1. The van der Waals surface area contributed by atoms with E-state index in [0.717, 1.165) is 11.8 Å². The van der Waals surface area contributed by atoms with E-state index < -0.39 is 5.97 Å². The first-order valence-corrected chi connectivity index (χ1v) is 4.24. The number of carbonyl (C=O) groups is 2. The third-order valence-electron chi connectivity index (χ3n) is 1.84. The number of hydrogen-bond donors (Lipinski definition) is 0. The van der Waals surface area contributed by atoms with Gasteiger partial charge in [-0.3, -0.25) is 4.98 Å². The summed E-state index contributed by atoms with van der Waals surface area (Å²) in [5.74, 6) is -0.395. The SMILES string of the molecule is COC(=O)c1ccncc1CCC=O. The molecule has 0 aliphatic rings. The Labute approximate surface area is 81.9 Å². The Hall–Kier alpha value is -1.71. The van der Waals surface area contributed by atoms with E-state index in [9.17, 15) is 9.59 Å². The van der Waals surface area contributed by atoms with Crippen LogP contribution in [0.2, 0.25) is 0 Å². The molecule has 0 saturated carbocycles. The summed E-state index contributed by atoms with van der Waals surface area (Å²) in [6.07, 6.45) is 4.82. The molecule has 14 heavy (non-hydrogen) atoms. The number of aldehydes is 1. The van der Waals surface area contributed by atoms with Gasteiger partial charge in [-0.15, -0.1) is 0 Å². The van der Waals surface area contributed by atoms with E-state index in [2.05, 4.69) is 9.72 Å². The van der Waals surface area contributed by atoms with Crippen LogP contribution in [-0.2, 0) is 16.0 Å². The molecule has 1 aromatic rings. The summed E-state index contributed by atoms with van der Waals surface area (Å²) in [5.41, 5.74) is 1.22. The van der Waals surface area contributed by atoms with Crippen LogP contribution in [0.25, 0.3) is 0 Å². The maximum absolute atomic E-state index is 11.3. The van der Waals surface area contributed by atoms with Gasteiger partial charge in [0.25, 0.3) is 0 Å². The molecule has 0 unspecified atom stereocenters. The fraction of sp³-hybridized carbons (Fsp3) is 0.300. The predicted octanol–water partition coefficient (Wildman–Crippen LogP) is 1.000. The van der Waals surface area contributed by atoms with Crippen molar-refractivity contribution in [2.45, 2.75) is 12.8 Å². The highest BCUT2D eigenvalue weighted by Gasteiger charge is 2.10. The van der Waals surface area contributed by atoms with Crippen molar-refractivity contribution in [2.24, 2.45) is 0 Å². The minimum Gasteiger partial charge on any atom is -0.465 e. The van der Waals surface area contributed by atoms with Crippen LogP contribution in [0.3, 0.4) is 0 Å². The molecule has 0 bridgehead atoms. The molecule has 1 rings (SSSR count). The van der Waals surface area contributed by atoms with Crippen molar-refractivity contribution in [2.75, 3.05) is 7.11 Å². The van der Waals surface area contributed by atoms with Crippen LogP contribution in [0, 0.1) is 0 Å². The fourth-order valence-corrected chi connectivity index (χ4v) is 1.15. The number of ether oxygens (including phenoxy) is 1. The van der Waals surface area contributed by atoms with Gasteiger partial charge in [0.05, 0.1) is 12.7 Å². The lowest BCUT2D eigenvalue weighted by Gasteiger charge is -2.04. The monoisotopic (exact) mass is 193 g/mol. The van der Waals surface area contributed by atoms with Crippen molar-refractivity contribution in [3.63, 3.8) is 0 Å². The van der Waals surface area contributed by atoms with Crippen LogP contribution in [0.15, 0.2) is 18.5 Å². The number of aryl methyl sites for hydroxylation is 1. The summed E-state index contributed by atoms with van der Waals surface area (Å²) in [5, 5.41) is 0. The number of nitrogens with zero attached hydrogens (tertiary/aromatic N) is 1. The fourth-order valence-electron chi connectivity index (χ4n) is 1.15. The van der Waals surface area contributed by atoms with Crippen molar-refractivity contribution < 1.29 is 14.3 Å². The summed E-state index contributed by atoms with van der Waals surface area (Å²) < 4.78 is 4.60. The molecular formula is C10H11NO3. The molecule has 1 aromatic heterocycles. The smallest absolute Gasteiger partial charge is 0.338 e. The van der Waals surface area contributed by atoms with Gasteiger partial charge in [-0.2, -0.15) is 0 Å². The molecule has 0 aliphatic carbocycles. The van der Waals surface area contributed by atoms with Crippen LogP contribution in [-0.4, -0.2) is 24.3 Å². The normalized spacial score (nSPS) is 9.50. The first-order valence-electron chi connectivity index (χ1n) is 4.24. The second-order valence-electron chi connectivity index (χ2n) is 2.73. The summed E-state index contributed by atoms with van der Waals surface area (Å²) >= 11 is 0. The Kier molecular flexibility index (Phi) is 3.79. The van der Waals surface area contributed by atoms with Gasteiger partial charge in [0, 0.05) is 18.8 Å². The Morgan fingerprint density at radius 1 is 1.64 bits per heavy atom. The van der Waals surface area contributed by atoms with Gasteiger partial charge in [-0.25, -0.2) is 4.79 Å². The number of methoxy groups -OCH3 is 1. The average molecular weight is 193 g/mol. The highest BCUT2D eigenvalue weighted by atomic mass is 16.5. The maximum Gasteiger partial charge on any atom is 0.338 e. The molecule has 4 heteroatoms. The maximum atomic E-state index is 11.3. The molecule has 0 aromatic carbocycles. The van der Waals surface area contributed by atoms with Crippen LogP contribution in [0.1, 0.15) is 22.3 Å². The quantitative estimate of drug-likeness (QED) is 0.528. The first-order chi connectivity index (χ1) is 6.79. The van der Waals surface area contributed by atoms with Gasteiger partial charge in [0.15, 0.2) is 0 Å². The standard InChI is InChI=1S/C10H11NO3/c1-14-10(13)9-4-5-11-7-8(9)3-2-6-12/h4-7H,2-3H2,1H3. The number of aromatic nitrogens is 1. The molecule has 0 spiro atoms. The molecule has 0 radical (unpaired) electrons. The first kappa shape index (κ1) is 10.4. The van der Waals surface area contributed by atoms with Gasteiger partial charge in [-0.05, 0) is 18.1 Å². The minimum absolute atomic E-state index is 0.385. The Balaban J connectivity index is 2.90. The zero-order valence-corrected chi connectivity index (χ0v) is 7.90. The van der Waals surface area contributed by atoms with Gasteiger partial charge in [-0.1, -0.05) is 0 Å². The van der Waals surface area contributed by atoms with Crippen LogP contribution in [0.5, 0.6) is 0 Å². The van der Waals surface area contributed by atoms with E-state index >= 15 is 0 Å². The van der Waals surface area contributed by atoms with Crippen LogP contribution in [0.4, 0.5) is 0 Å². The van der Waals surface area contributed by atoms with E-state index in [4.69, 9.17) is 0 Å². The van der Waals surface area contributed by atoms with E-state index in [1.807, 2.05) is 0 Å². The van der Waals surface area contributed by atoms with Crippen molar-refractivity contribution >= 4 is 12.3 Å². The number of esters is 1. The molecular weight excluding hydrogens is 182 g/mol. The zero-order chi connectivity index (χ0) is 10.4. The van der Waals surface area contributed by atoms with E-state index in [1.165, 1.54) is 13.3 Å². The predicted molar refractivity (Wildman–Crippen MR) is 50.0 cm³/mol. The van der Waals surface area contributed by atoms with Gasteiger partial charge in [0.1, 0.15) is 6.29 Å². The second kappa shape index (κ2) is 5.11. The Bertz CT molecular complexity index is 336. The third-order valence-corrected chi connectivity index (χ3v) is 1.84. The van der Waals surface area contributed by atoms with Gasteiger partial charge < -0.3 is 9.53 Å². The highest BCUT2D eigenvalue weighted by molar-refractivity contribution is 5.90. The number of rotatable bonds is 4. The molecule has 0 aliphatic heterocycles. The van der Waals surface area contributed by atoms with E-state index in [1.54, 1.807) is 12.3 Å². The summed E-state index contributed by atoms with van der Waals surface area (Å²) in [7, 11) is 1.33. The third kappa shape index (κ3) is 2.39. The Morgan fingerprint density at radius 3 is 3.07 bits per heavy atom. The van der Waals surface area contributed by atoms with E-state index in [-0.39, 0.29) is 0 Å². The van der Waals surface area contributed by atoms with Crippen LogP contribution < -0.4 is 0 Å². The lowest BCUT2D eigenvalue weighted by molar-refractivity contribution is -0.107. The summed E-state index contributed by atoms with van der Waals surface area (Å²) in [6.45, 7) is 0. The Morgan fingerprint density at radius 2 is 2.43 bits per heavy atom. The minimum atomic E-state index is -0.395.